The van der Waals surface area contributed by atoms with E-state index >= 15 is 0 Å². The predicted octanol–water partition coefficient (Wildman–Crippen LogP) is 3.56. The lowest BCUT2D eigenvalue weighted by Crippen LogP contribution is -2.02. The van der Waals surface area contributed by atoms with E-state index in [-0.39, 0.29) is 0 Å². The van der Waals surface area contributed by atoms with E-state index in [1.54, 1.807) is 12.1 Å². The summed E-state index contributed by atoms with van der Waals surface area (Å²) in [4.78, 5) is 9.82. The van der Waals surface area contributed by atoms with Gasteiger partial charge in [-0.05, 0) is 28.5 Å². The van der Waals surface area contributed by atoms with E-state index in [2.05, 4.69) is 4.40 Å². The van der Waals surface area contributed by atoms with Crippen molar-refractivity contribution in [2.45, 2.75) is 4.90 Å². The summed E-state index contributed by atoms with van der Waals surface area (Å²) in [5.41, 5.74) is 0.101. The second kappa shape index (κ2) is 6.21. The van der Waals surface area contributed by atoms with E-state index in [0.29, 0.717) is 5.56 Å². The van der Waals surface area contributed by atoms with Crippen LogP contribution in [0.5, 0.6) is 0 Å². The summed E-state index contributed by atoms with van der Waals surface area (Å²) in [6.07, 6.45) is 1.19. The van der Waals surface area contributed by atoms with Crippen LogP contribution in [-0.4, -0.2) is 19.6 Å². The highest BCUT2D eigenvalue weighted by molar-refractivity contribution is 7.90. The van der Waals surface area contributed by atoms with Gasteiger partial charge in [0, 0.05) is 12.3 Å². The molecule has 3 rings (SSSR count). The molecule has 0 aliphatic carbocycles. The number of hydrogen-bond donors (Lipinski definition) is 0. The monoisotopic (exact) mass is 340 g/mol. The van der Waals surface area contributed by atoms with Gasteiger partial charge >= 0.3 is 0 Å². The van der Waals surface area contributed by atoms with E-state index in [0.717, 1.165) is 16.8 Å². The van der Waals surface area contributed by atoms with Gasteiger partial charge in [-0.1, -0.05) is 48.5 Å². The third-order valence-electron chi connectivity index (χ3n) is 3.45. The fraction of sp³-hybridized carbons (Fsp3) is 0. The molecule has 0 N–H and O–H groups in total. The SMILES string of the molecule is O=[N+]([O-])c1ccccc1S(=O)(=O)/N=C/c1ccc2ccccc2c1. The van der Waals surface area contributed by atoms with Crippen molar-refractivity contribution >= 4 is 32.7 Å². The van der Waals surface area contributed by atoms with Crippen molar-refractivity contribution in [2.24, 2.45) is 4.40 Å². The van der Waals surface area contributed by atoms with Crippen molar-refractivity contribution in [1.29, 1.82) is 0 Å². The lowest BCUT2D eigenvalue weighted by molar-refractivity contribution is -0.387. The summed E-state index contributed by atoms with van der Waals surface area (Å²) in [5.74, 6) is 0. The van der Waals surface area contributed by atoms with Gasteiger partial charge in [0.05, 0.1) is 4.92 Å². The summed E-state index contributed by atoms with van der Waals surface area (Å²) in [5, 5.41) is 13.0. The number of nitro groups is 1. The van der Waals surface area contributed by atoms with Crippen molar-refractivity contribution in [2.75, 3.05) is 0 Å². The van der Waals surface area contributed by atoms with Crippen LogP contribution >= 0.6 is 0 Å². The standard InChI is InChI=1S/C17H12N2O4S/c20-19(21)16-7-3-4-8-17(16)24(22,23)18-12-13-9-10-14-5-1-2-6-15(14)11-13/h1-12H/b18-12+. The van der Waals surface area contributed by atoms with Crippen molar-refractivity contribution in [3.05, 3.63) is 82.4 Å². The molecule has 24 heavy (non-hydrogen) atoms. The van der Waals surface area contributed by atoms with E-state index in [9.17, 15) is 18.5 Å². The van der Waals surface area contributed by atoms with Crippen LogP contribution < -0.4 is 0 Å². The molecule has 3 aromatic carbocycles. The van der Waals surface area contributed by atoms with Gasteiger partial charge in [-0.2, -0.15) is 12.8 Å². The van der Waals surface area contributed by atoms with Crippen molar-refractivity contribution < 1.29 is 13.3 Å². The molecule has 0 radical (unpaired) electrons. The Morgan fingerprint density at radius 1 is 0.917 bits per heavy atom. The van der Waals surface area contributed by atoms with Crippen LogP contribution in [0.15, 0.2) is 76.0 Å². The Hall–Kier alpha value is -3.06. The minimum atomic E-state index is -4.16. The van der Waals surface area contributed by atoms with E-state index in [4.69, 9.17) is 0 Å². The second-order valence-electron chi connectivity index (χ2n) is 5.04. The molecule has 0 bridgehead atoms. The first-order valence-corrected chi connectivity index (χ1v) is 8.44. The number of hydrogen-bond acceptors (Lipinski definition) is 4. The molecule has 0 spiro atoms. The molecular formula is C17H12N2O4S. The molecule has 0 saturated carbocycles. The Labute approximate surface area is 138 Å². The van der Waals surface area contributed by atoms with Crippen LogP contribution in [-0.2, 0) is 10.0 Å². The number of nitrogens with zero attached hydrogens (tertiary/aromatic N) is 2. The van der Waals surface area contributed by atoms with Crippen molar-refractivity contribution in [3.8, 4) is 0 Å². The minimum Gasteiger partial charge on any atom is -0.258 e. The molecule has 0 atom stereocenters. The Kier molecular flexibility index (Phi) is 4.09. The number of para-hydroxylation sites is 1. The van der Waals surface area contributed by atoms with Gasteiger partial charge in [0.2, 0.25) is 0 Å². The summed E-state index contributed by atoms with van der Waals surface area (Å²) >= 11 is 0. The maximum absolute atomic E-state index is 12.3. The normalized spacial score (nSPS) is 11.8. The molecule has 120 valence electrons. The summed E-state index contributed by atoms with van der Waals surface area (Å²) in [6, 6.07) is 18.2. The highest BCUT2D eigenvalue weighted by Gasteiger charge is 2.23. The van der Waals surface area contributed by atoms with Crippen LogP contribution in [0.2, 0.25) is 0 Å². The first-order valence-electron chi connectivity index (χ1n) is 7.00. The number of sulfonamides is 1. The molecule has 0 unspecified atom stereocenters. The zero-order chi connectivity index (χ0) is 17.2. The van der Waals surface area contributed by atoms with Gasteiger partial charge in [0.25, 0.3) is 15.7 Å². The molecule has 0 amide bonds. The molecule has 0 heterocycles. The maximum Gasteiger partial charge on any atom is 0.289 e. The first kappa shape index (κ1) is 15.8. The van der Waals surface area contributed by atoms with Crippen LogP contribution in [0.1, 0.15) is 5.56 Å². The van der Waals surface area contributed by atoms with Gasteiger partial charge in [0.1, 0.15) is 0 Å². The predicted molar refractivity (Wildman–Crippen MR) is 91.8 cm³/mol. The fourth-order valence-corrected chi connectivity index (χ4v) is 3.33. The Bertz CT molecular complexity index is 1060. The lowest BCUT2D eigenvalue weighted by Gasteiger charge is -2.01. The number of benzene rings is 3. The minimum absolute atomic E-state index is 0.424. The van der Waals surface area contributed by atoms with E-state index in [1.165, 1.54) is 24.4 Å². The van der Waals surface area contributed by atoms with Crippen LogP contribution in [0.3, 0.4) is 0 Å². The maximum atomic E-state index is 12.3. The Balaban J connectivity index is 1.99. The van der Waals surface area contributed by atoms with Crippen molar-refractivity contribution in [1.82, 2.24) is 0 Å². The largest absolute Gasteiger partial charge is 0.289 e. The van der Waals surface area contributed by atoms with Gasteiger partial charge < -0.3 is 0 Å². The lowest BCUT2D eigenvalue weighted by atomic mass is 10.1. The molecule has 0 saturated heterocycles. The summed E-state index contributed by atoms with van der Waals surface area (Å²) in [7, 11) is -4.16. The molecule has 0 aliphatic rings. The topological polar surface area (TPSA) is 89.6 Å². The third kappa shape index (κ3) is 3.16. The summed E-state index contributed by atoms with van der Waals surface area (Å²) < 4.78 is 28.2. The molecule has 0 aromatic heterocycles. The van der Waals surface area contributed by atoms with Gasteiger partial charge in [-0.15, -0.1) is 0 Å². The number of rotatable bonds is 4. The van der Waals surface area contributed by atoms with E-state index < -0.39 is 25.5 Å². The quantitative estimate of drug-likeness (QED) is 0.412. The summed E-state index contributed by atoms with van der Waals surface area (Å²) in [6.45, 7) is 0. The van der Waals surface area contributed by atoms with Gasteiger partial charge in [-0.25, -0.2) is 0 Å². The Morgan fingerprint density at radius 3 is 2.33 bits per heavy atom. The average Bonchev–Trinajstić information content (AvgIpc) is 2.60. The van der Waals surface area contributed by atoms with Crippen molar-refractivity contribution in [3.63, 3.8) is 0 Å². The fourth-order valence-electron chi connectivity index (χ4n) is 2.30. The van der Waals surface area contributed by atoms with Crippen LogP contribution in [0, 0.1) is 10.1 Å². The number of fused-ring (bicyclic) bond motifs is 1. The zero-order valence-electron chi connectivity index (χ0n) is 12.4. The number of nitro benzene ring substituents is 1. The van der Waals surface area contributed by atoms with Gasteiger partial charge in [-0.3, -0.25) is 10.1 Å². The van der Waals surface area contributed by atoms with Crippen LogP contribution in [0.4, 0.5) is 5.69 Å². The third-order valence-corrected chi connectivity index (χ3v) is 4.74. The smallest absolute Gasteiger partial charge is 0.258 e. The molecule has 7 heteroatoms. The van der Waals surface area contributed by atoms with E-state index in [1.807, 2.05) is 30.3 Å². The average molecular weight is 340 g/mol. The Morgan fingerprint density at radius 2 is 1.58 bits per heavy atom. The highest BCUT2D eigenvalue weighted by Crippen LogP contribution is 2.24. The highest BCUT2D eigenvalue weighted by atomic mass is 32.2. The first-order chi connectivity index (χ1) is 11.5. The van der Waals surface area contributed by atoms with Crippen LogP contribution in [0.25, 0.3) is 10.8 Å². The molecular weight excluding hydrogens is 328 g/mol. The molecule has 3 aromatic rings. The molecule has 6 nitrogen and oxygen atoms in total. The molecule has 0 fully saturated rings. The molecule has 0 aliphatic heterocycles. The second-order valence-corrected chi connectivity index (χ2v) is 6.64. The zero-order valence-corrected chi connectivity index (χ0v) is 13.2. The van der Waals surface area contributed by atoms with Gasteiger partial charge in [0.15, 0.2) is 4.90 Å².